The first-order valence-corrected chi connectivity index (χ1v) is 14.0. The second-order valence-corrected chi connectivity index (χ2v) is 11.1. The summed E-state index contributed by atoms with van der Waals surface area (Å²) < 4.78 is 47.9. The molecule has 2 N–H and O–H groups in total. The van der Waals surface area contributed by atoms with Crippen LogP contribution in [0.2, 0.25) is 5.02 Å². The summed E-state index contributed by atoms with van der Waals surface area (Å²) in [6.45, 7) is -0.0497. The van der Waals surface area contributed by atoms with E-state index in [0.717, 1.165) is 16.6 Å². The molecule has 0 radical (unpaired) electrons. The Bertz CT molecular complexity index is 1850. The lowest BCUT2D eigenvalue weighted by Gasteiger charge is -2.38. The topological polar surface area (TPSA) is 144 Å². The average molecular weight is 683 g/mol. The molecule has 1 aromatic carbocycles. The fraction of sp³-hybridized carbons (Fsp3) is 0.308. The number of rotatable bonds is 4. The maximum absolute atomic E-state index is 13.7. The highest BCUT2D eigenvalue weighted by Gasteiger charge is 2.48. The van der Waals surface area contributed by atoms with Crippen molar-refractivity contribution in [1.82, 2.24) is 29.0 Å². The second-order valence-electron chi connectivity index (χ2n) is 9.99. The lowest BCUT2D eigenvalue weighted by molar-refractivity contribution is -0.137. The molecule has 1 saturated heterocycles. The van der Waals surface area contributed by atoms with E-state index in [1.807, 2.05) is 0 Å². The Labute approximate surface area is 253 Å². The number of hydrogen-bond donors (Lipinski definition) is 2. The van der Waals surface area contributed by atoms with E-state index in [0.29, 0.717) is 11.8 Å². The zero-order chi connectivity index (χ0) is 30.7. The van der Waals surface area contributed by atoms with Crippen LogP contribution in [0, 0.1) is 0 Å². The summed E-state index contributed by atoms with van der Waals surface area (Å²) in [4.78, 5) is 49.5. The summed E-state index contributed by atoms with van der Waals surface area (Å²) in [5, 5.41) is 16.4. The Kier molecular flexibility index (Phi) is 7.17. The second kappa shape index (κ2) is 10.6. The molecule has 1 spiro atoms. The van der Waals surface area contributed by atoms with E-state index in [-0.39, 0.29) is 70.8 Å². The normalized spacial score (nSPS) is 16.1. The number of anilines is 1. The molecule has 12 nitrogen and oxygen atoms in total. The Hall–Kier alpha value is -4.02. The first-order chi connectivity index (χ1) is 20.4. The summed E-state index contributed by atoms with van der Waals surface area (Å²) in [7, 11) is 0. The number of nitrogens with zero attached hydrogens (tertiary/aromatic N) is 6. The molecule has 0 bridgehead atoms. The summed E-state index contributed by atoms with van der Waals surface area (Å²) in [5.74, 6) is -1.31. The molecule has 0 saturated carbocycles. The highest BCUT2D eigenvalue weighted by Crippen LogP contribution is 2.43. The first kappa shape index (κ1) is 29.1. The number of hydrogen-bond acceptors (Lipinski definition) is 8. The number of aromatic hydroxyl groups is 1. The van der Waals surface area contributed by atoms with E-state index in [1.165, 1.54) is 27.8 Å². The smallest absolute Gasteiger partial charge is 0.416 e. The van der Waals surface area contributed by atoms with Crippen LogP contribution in [0.3, 0.4) is 0 Å². The van der Waals surface area contributed by atoms with Crippen LogP contribution in [0.4, 0.5) is 18.9 Å². The Morgan fingerprint density at radius 2 is 1.95 bits per heavy atom. The molecule has 0 atom stereocenters. The summed E-state index contributed by atoms with van der Waals surface area (Å²) in [6, 6.07) is 5.45. The highest BCUT2D eigenvalue weighted by atomic mass is 79.9. The third-order valence-electron chi connectivity index (χ3n) is 7.49. The van der Waals surface area contributed by atoms with Crippen molar-refractivity contribution >= 4 is 50.8 Å². The van der Waals surface area contributed by atoms with Gasteiger partial charge in [-0.25, -0.2) is 4.98 Å². The zero-order valence-corrected chi connectivity index (χ0v) is 24.2. The van der Waals surface area contributed by atoms with Crippen molar-refractivity contribution in [1.29, 1.82) is 0 Å². The molecule has 0 unspecified atom stereocenters. The van der Waals surface area contributed by atoms with Gasteiger partial charge in [0.1, 0.15) is 17.9 Å². The van der Waals surface area contributed by atoms with Crippen LogP contribution in [0.15, 0.2) is 46.1 Å². The van der Waals surface area contributed by atoms with Gasteiger partial charge in [0, 0.05) is 19.3 Å². The fourth-order valence-electron chi connectivity index (χ4n) is 5.43. The van der Waals surface area contributed by atoms with Gasteiger partial charge in [-0.1, -0.05) is 11.6 Å². The van der Waals surface area contributed by atoms with Gasteiger partial charge < -0.3 is 24.6 Å². The van der Waals surface area contributed by atoms with Crippen molar-refractivity contribution in [3.8, 4) is 5.75 Å². The van der Waals surface area contributed by atoms with Gasteiger partial charge in [0.2, 0.25) is 16.4 Å². The van der Waals surface area contributed by atoms with Crippen molar-refractivity contribution in [2.75, 3.05) is 18.4 Å². The van der Waals surface area contributed by atoms with Gasteiger partial charge in [-0.05, 0) is 59.1 Å². The Morgan fingerprint density at radius 3 is 2.63 bits per heavy atom. The van der Waals surface area contributed by atoms with E-state index < -0.39 is 41.3 Å². The molecule has 2 aliphatic rings. The zero-order valence-electron chi connectivity index (χ0n) is 21.9. The van der Waals surface area contributed by atoms with Gasteiger partial charge in [0.25, 0.3) is 11.5 Å². The largest absolute Gasteiger partial charge is 0.505 e. The third-order valence-corrected chi connectivity index (χ3v) is 8.14. The summed E-state index contributed by atoms with van der Waals surface area (Å²) in [5.41, 5.74) is -2.00. The minimum absolute atomic E-state index is 0.0280. The van der Waals surface area contributed by atoms with Crippen LogP contribution in [0.5, 0.6) is 5.75 Å². The van der Waals surface area contributed by atoms with Gasteiger partial charge in [-0.3, -0.25) is 14.4 Å². The number of likely N-dealkylation sites (tertiary alicyclic amines) is 1. The number of pyridine rings is 1. The van der Waals surface area contributed by atoms with E-state index >= 15 is 0 Å². The SMILES string of the molecule is O=C(Cn1c2c(c(=O)n3nc(Br)nc13)C1(CCN(C(=O)c3ncccc3O)CC1)OC2)Nc1ccc(C(F)(F)F)cc1Cl. The van der Waals surface area contributed by atoms with Crippen LogP contribution in [-0.2, 0) is 34.5 Å². The number of amides is 2. The van der Waals surface area contributed by atoms with E-state index in [2.05, 4.69) is 36.3 Å². The number of aromatic nitrogens is 5. The van der Waals surface area contributed by atoms with Crippen molar-refractivity contribution in [2.45, 2.75) is 37.8 Å². The van der Waals surface area contributed by atoms with Gasteiger partial charge in [-0.15, -0.1) is 5.10 Å². The number of benzene rings is 1. The monoisotopic (exact) mass is 681 g/mol. The van der Waals surface area contributed by atoms with E-state index in [9.17, 15) is 32.7 Å². The van der Waals surface area contributed by atoms with Crippen molar-refractivity contribution in [3.63, 3.8) is 0 Å². The minimum Gasteiger partial charge on any atom is -0.505 e. The molecule has 17 heteroatoms. The molecular weight excluding hydrogens is 663 g/mol. The highest BCUT2D eigenvalue weighted by molar-refractivity contribution is 9.10. The van der Waals surface area contributed by atoms with Crippen LogP contribution in [0.25, 0.3) is 5.78 Å². The van der Waals surface area contributed by atoms with Crippen molar-refractivity contribution in [3.05, 3.63) is 79.2 Å². The number of piperidine rings is 1. The maximum atomic E-state index is 13.7. The van der Waals surface area contributed by atoms with E-state index in [1.54, 1.807) is 0 Å². The number of carbonyl (C=O) groups is 2. The van der Waals surface area contributed by atoms with Crippen LogP contribution in [0.1, 0.15) is 40.2 Å². The lowest BCUT2D eigenvalue weighted by atomic mass is 9.85. The molecule has 3 aromatic heterocycles. The summed E-state index contributed by atoms with van der Waals surface area (Å²) in [6.07, 6.45) is -2.72. The van der Waals surface area contributed by atoms with Crippen molar-refractivity contribution < 1.29 is 32.6 Å². The third kappa shape index (κ3) is 5.12. The number of fused-ring (bicyclic) bond motifs is 3. The fourth-order valence-corrected chi connectivity index (χ4v) is 5.98. The van der Waals surface area contributed by atoms with Crippen molar-refractivity contribution in [2.24, 2.45) is 0 Å². The molecule has 6 rings (SSSR count). The quantitative estimate of drug-likeness (QED) is 0.332. The molecule has 224 valence electrons. The predicted molar refractivity (Wildman–Crippen MR) is 148 cm³/mol. The van der Waals surface area contributed by atoms with Gasteiger partial charge in [-0.2, -0.15) is 22.7 Å². The number of carbonyl (C=O) groups excluding carboxylic acids is 2. The first-order valence-electron chi connectivity index (χ1n) is 12.8. The van der Waals surface area contributed by atoms with E-state index in [4.69, 9.17) is 16.3 Å². The molecular formula is C26H20BrClF3N7O5. The standard InChI is InChI=1S/C26H20BrClF3N7O5/c27-23-34-24-37(11-18(40)33-15-4-3-13(10-14(15)28)26(29,30)31)16-12-43-25(19(16)21(41)38(24)35-23)5-8-36(9-6-25)22(42)20-17(39)2-1-7-32-20/h1-4,7,10,39H,5-6,8-9,11-12H2,(H,33,40). The molecule has 2 amide bonds. The van der Waals surface area contributed by atoms with Gasteiger partial charge >= 0.3 is 6.18 Å². The number of nitrogens with one attached hydrogen (secondary N) is 1. The molecule has 2 aliphatic heterocycles. The lowest BCUT2D eigenvalue weighted by Crippen LogP contribution is -2.47. The van der Waals surface area contributed by atoms with Crippen LogP contribution >= 0.6 is 27.5 Å². The Balaban J connectivity index is 1.30. The molecule has 43 heavy (non-hydrogen) atoms. The molecule has 5 heterocycles. The van der Waals surface area contributed by atoms with Gasteiger partial charge in [0.15, 0.2) is 5.69 Å². The molecule has 0 aliphatic carbocycles. The molecule has 1 fully saturated rings. The molecule has 4 aromatic rings. The van der Waals surface area contributed by atoms with Crippen LogP contribution < -0.4 is 10.9 Å². The summed E-state index contributed by atoms with van der Waals surface area (Å²) >= 11 is 9.18. The Morgan fingerprint density at radius 1 is 1.21 bits per heavy atom. The van der Waals surface area contributed by atoms with Crippen LogP contribution in [-0.4, -0.2) is 59.1 Å². The van der Waals surface area contributed by atoms with Gasteiger partial charge in [0.05, 0.1) is 34.1 Å². The number of alkyl halides is 3. The number of ether oxygens (including phenoxy) is 1. The predicted octanol–water partition coefficient (Wildman–Crippen LogP) is 3.73. The minimum atomic E-state index is -4.60. The number of halogens is 5. The average Bonchev–Trinajstić information content (AvgIpc) is 3.53. The maximum Gasteiger partial charge on any atom is 0.416 e.